The van der Waals surface area contributed by atoms with E-state index in [9.17, 15) is 9.59 Å². The Balaban J connectivity index is 1.49. The van der Waals surface area contributed by atoms with Crippen molar-refractivity contribution in [3.05, 3.63) is 60.2 Å². The van der Waals surface area contributed by atoms with E-state index in [2.05, 4.69) is 26.3 Å². The Bertz CT molecular complexity index is 1050. The molecule has 2 aromatic carbocycles. The number of ether oxygens (including phenoxy) is 2. The standard InChI is InChI=1S/C20H20N6O4/c1-29-16-10-8-14(12-17(16)30-2)9-11-18(27)21-22-19(28)13-26-24-20(23-25-26)15-6-4-3-5-7-15/h3-12H,13H2,1-2H3,(H,21,27)(H,22,28)/b11-9+. The smallest absolute Gasteiger partial charge is 0.262 e. The molecule has 2 amide bonds. The lowest BCUT2D eigenvalue weighted by Gasteiger charge is -2.07. The fraction of sp³-hybridized carbons (Fsp3) is 0.150. The molecule has 0 aliphatic heterocycles. The molecule has 10 heteroatoms. The molecule has 154 valence electrons. The molecule has 1 heterocycles. The molecule has 0 radical (unpaired) electrons. The van der Waals surface area contributed by atoms with Gasteiger partial charge in [-0.05, 0) is 29.0 Å². The van der Waals surface area contributed by atoms with Gasteiger partial charge in [0.2, 0.25) is 5.82 Å². The number of carbonyl (C=O) groups is 2. The minimum absolute atomic E-state index is 0.195. The Morgan fingerprint density at radius 2 is 1.80 bits per heavy atom. The molecule has 3 rings (SSSR count). The zero-order valence-electron chi connectivity index (χ0n) is 16.4. The summed E-state index contributed by atoms with van der Waals surface area (Å²) in [7, 11) is 3.07. The monoisotopic (exact) mass is 408 g/mol. The van der Waals surface area contributed by atoms with E-state index in [1.165, 1.54) is 13.2 Å². The summed E-state index contributed by atoms with van der Waals surface area (Å²) < 4.78 is 10.4. The average Bonchev–Trinajstić information content (AvgIpc) is 3.25. The summed E-state index contributed by atoms with van der Waals surface area (Å²) in [5, 5.41) is 11.9. The second-order valence-corrected chi connectivity index (χ2v) is 5.99. The number of hydrazine groups is 1. The van der Waals surface area contributed by atoms with Gasteiger partial charge in [0.25, 0.3) is 11.8 Å². The van der Waals surface area contributed by atoms with Crippen molar-refractivity contribution in [1.29, 1.82) is 0 Å². The van der Waals surface area contributed by atoms with Gasteiger partial charge in [-0.1, -0.05) is 36.4 Å². The van der Waals surface area contributed by atoms with Crippen molar-refractivity contribution in [2.75, 3.05) is 14.2 Å². The van der Waals surface area contributed by atoms with Crippen LogP contribution in [0.15, 0.2) is 54.6 Å². The first-order chi connectivity index (χ1) is 14.6. The normalized spacial score (nSPS) is 10.6. The van der Waals surface area contributed by atoms with Crippen LogP contribution in [0.4, 0.5) is 0 Å². The molecule has 0 fully saturated rings. The number of nitrogens with zero attached hydrogens (tertiary/aromatic N) is 4. The van der Waals surface area contributed by atoms with E-state index >= 15 is 0 Å². The highest BCUT2D eigenvalue weighted by Crippen LogP contribution is 2.27. The average molecular weight is 408 g/mol. The molecule has 0 bridgehead atoms. The number of carbonyl (C=O) groups excluding carboxylic acids is 2. The van der Waals surface area contributed by atoms with E-state index in [0.29, 0.717) is 17.3 Å². The third-order valence-corrected chi connectivity index (χ3v) is 3.93. The number of hydrogen-bond acceptors (Lipinski definition) is 7. The van der Waals surface area contributed by atoms with Crippen LogP contribution in [0.1, 0.15) is 5.56 Å². The maximum Gasteiger partial charge on any atom is 0.262 e. The summed E-state index contributed by atoms with van der Waals surface area (Å²) in [4.78, 5) is 25.0. The van der Waals surface area contributed by atoms with Gasteiger partial charge in [0, 0.05) is 11.6 Å². The van der Waals surface area contributed by atoms with Crippen molar-refractivity contribution >= 4 is 17.9 Å². The van der Waals surface area contributed by atoms with E-state index in [1.807, 2.05) is 30.3 Å². The number of hydrogen-bond donors (Lipinski definition) is 2. The molecule has 3 aromatic rings. The zero-order chi connectivity index (χ0) is 21.3. The molecule has 0 saturated carbocycles. The molecule has 0 unspecified atom stereocenters. The predicted octanol–water partition coefficient (Wildman–Crippen LogP) is 1.22. The number of tetrazole rings is 1. The topological polar surface area (TPSA) is 120 Å². The Hall–Kier alpha value is -4.21. The zero-order valence-corrected chi connectivity index (χ0v) is 16.4. The lowest BCUT2D eigenvalue weighted by molar-refractivity contribution is -0.127. The Kier molecular flexibility index (Phi) is 6.72. The molecule has 0 aliphatic rings. The molecular weight excluding hydrogens is 388 g/mol. The van der Waals surface area contributed by atoms with Crippen LogP contribution in [0.5, 0.6) is 11.5 Å². The fourth-order valence-corrected chi connectivity index (χ4v) is 2.48. The van der Waals surface area contributed by atoms with Crippen molar-refractivity contribution in [3.63, 3.8) is 0 Å². The van der Waals surface area contributed by atoms with E-state index in [0.717, 1.165) is 15.9 Å². The van der Waals surface area contributed by atoms with Crippen LogP contribution in [0.25, 0.3) is 17.5 Å². The van der Waals surface area contributed by atoms with Crippen LogP contribution in [0.2, 0.25) is 0 Å². The Labute approximate surface area is 172 Å². The van der Waals surface area contributed by atoms with Gasteiger partial charge in [0.1, 0.15) is 6.54 Å². The van der Waals surface area contributed by atoms with E-state index in [-0.39, 0.29) is 6.54 Å². The van der Waals surface area contributed by atoms with E-state index in [1.54, 1.807) is 31.4 Å². The number of benzene rings is 2. The largest absolute Gasteiger partial charge is 0.493 e. The molecule has 30 heavy (non-hydrogen) atoms. The lowest BCUT2D eigenvalue weighted by Crippen LogP contribution is -2.42. The van der Waals surface area contributed by atoms with Gasteiger partial charge in [-0.2, -0.15) is 4.80 Å². The van der Waals surface area contributed by atoms with E-state index < -0.39 is 11.8 Å². The first-order valence-corrected chi connectivity index (χ1v) is 8.91. The number of amides is 2. The van der Waals surface area contributed by atoms with Gasteiger partial charge in [-0.3, -0.25) is 20.4 Å². The van der Waals surface area contributed by atoms with Crippen LogP contribution < -0.4 is 20.3 Å². The molecule has 1 aromatic heterocycles. The second-order valence-electron chi connectivity index (χ2n) is 5.99. The molecule has 2 N–H and O–H groups in total. The quantitative estimate of drug-likeness (QED) is 0.445. The summed E-state index contributed by atoms with van der Waals surface area (Å²) in [5.41, 5.74) is 6.11. The highest BCUT2D eigenvalue weighted by atomic mass is 16.5. The molecule has 10 nitrogen and oxygen atoms in total. The molecule has 0 spiro atoms. The van der Waals surface area contributed by atoms with Gasteiger partial charge in [0.15, 0.2) is 11.5 Å². The molecule has 0 aliphatic carbocycles. The van der Waals surface area contributed by atoms with Gasteiger partial charge in [0.05, 0.1) is 14.2 Å². The van der Waals surface area contributed by atoms with Crippen molar-refractivity contribution in [2.45, 2.75) is 6.54 Å². The van der Waals surface area contributed by atoms with Gasteiger partial charge >= 0.3 is 0 Å². The van der Waals surface area contributed by atoms with Crippen LogP contribution in [0.3, 0.4) is 0 Å². The summed E-state index contributed by atoms with van der Waals surface area (Å²) in [6.45, 7) is -0.195. The predicted molar refractivity (Wildman–Crippen MR) is 108 cm³/mol. The van der Waals surface area contributed by atoms with Crippen molar-refractivity contribution in [1.82, 2.24) is 31.1 Å². The van der Waals surface area contributed by atoms with Crippen LogP contribution in [-0.4, -0.2) is 46.2 Å². The SMILES string of the molecule is COc1ccc(/C=C/C(=O)NNC(=O)Cn2nnc(-c3ccccc3)n2)cc1OC. The van der Waals surface area contributed by atoms with Crippen molar-refractivity contribution in [2.24, 2.45) is 0 Å². The first kappa shape index (κ1) is 20.5. The fourth-order valence-electron chi connectivity index (χ4n) is 2.48. The molecule has 0 atom stereocenters. The van der Waals surface area contributed by atoms with Crippen molar-refractivity contribution < 1.29 is 19.1 Å². The van der Waals surface area contributed by atoms with E-state index in [4.69, 9.17) is 9.47 Å². The van der Waals surface area contributed by atoms with Gasteiger partial charge in [-0.15, -0.1) is 10.2 Å². The lowest BCUT2D eigenvalue weighted by atomic mass is 10.2. The van der Waals surface area contributed by atoms with Gasteiger partial charge < -0.3 is 9.47 Å². The van der Waals surface area contributed by atoms with Crippen LogP contribution in [0, 0.1) is 0 Å². The van der Waals surface area contributed by atoms with Gasteiger partial charge in [-0.25, -0.2) is 0 Å². The minimum Gasteiger partial charge on any atom is -0.493 e. The maximum atomic E-state index is 12.0. The second kappa shape index (κ2) is 9.82. The number of nitrogens with one attached hydrogen (secondary N) is 2. The Morgan fingerprint density at radius 1 is 1.03 bits per heavy atom. The van der Waals surface area contributed by atoms with Crippen molar-refractivity contribution in [3.8, 4) is 22.9 Å². The third kappa shape index (κ3) is 5.41. The number of rotatable bonds is 7. The number of methoxy groups -OCH3 is 2. The summed E-state index contributed by atoms with van der Waals surface area (Å²) in [6, 6.07) is 14.5. The molecule has 0 saturated heterocycles. The third-order valence-electron chi connectivity index (χ3n) is 3.93. The minimum atomic E-state index is -0.505. The Morgan fingerprint density at radius 3 is 2.53 bits per heavy atom. The van der Waals surface area contributed by atoms with Crippen LogP contribution in [-0.2, 0) is 16.1 Å². The maximum absolute atomic E-state index is 12.0. The number of aromatic nitrogens is 4. The first-order valence-electron chi connectivity index (χ1n) is 8.91. The highest BCUT2D eigenvalue weighted by molar-refractivity contribution is 5.93. The molecular formula is C20H20N6O4. The summed E-state index contributed by atoms with van der Waals surface area (Å²) in [6.07, 6.45) is 2.86. The van der Waals surface area contributed by atoms with Crippen LogP contribution >= 0.6 is 0 Å². The highest BCUT2D eigenvalue weighted by Gasteiger charge is 2.09. The summed E-state index contributed by atoms with van der Waals surface area (Å²) >= 11 is 0. The summed E-state index contributed by atoms with van der Waals surface area (Å²) in [5.74, 6) is 0.534.